The van der Waals surface area contributed by atoms with Crippen LogP contribution >= 0.6 is 11.6 Å². The van der Waals surface area contributed by atoms with Gasteiger partial charge in [-0.1, -0.05) is 17.7 Å². The van der Waals surface area contributed by atoms with Crippen LogP contribution in [0.3, 0.4) is 0 Å². The maximum absolute atomic E-state index is 11.5. The van der Waals surface area contributed by atoms with E-state index in [1.807, 2.05) is 6.07 Å². The number of nitrogens with one attached hydrogen (secondary N) is 1. The second-order valence-corrected chi connectivity index (χ2v) is 3.81. The molecule has 0 saturated heterocycles. The van der Waals surface area contributed by atoms with Crippen LogP contribution in [0.25, 0.3) is 0 Å². The molecule has 0 atom stereocenters. The first kappa shape index (κ1) is 9.43. The van der Waals surface area contributed by atoms with Gasteiger partial charge >= 0.3 is 0 Å². The zero-order chi connectivity index (χ0) is 10.2. The average Bonchev–Trinajstić information content (AvgIpc) is 2.99. The van der Waals surface area contributed by atoms with Gasteiger partial charge in [0.2, 0.25) is 5.91 Å². The minimum Gasteiger partial charge on any atom is -0.293 e. The number of hydrogen-bond donors (Lipinski definition) is 2. The Morgan fingerprint density at radius 1 is 1.57 bits per heavy atom. The molecule has 1 fully saturated rings. The third-order valence-corrected chi connectivity index (χ3v) is 2.82. The van der Waals surface area contributed by atoms with Gasteiger partial charge in [0.05, 0.1) is 5.41 Å². The van der Waals surface area contributed by atoms with Crippen LogP contribution in [0.4, 0.5) is 0 Å². The number of rotatable bonds is 2. The van der Waals surface area contributed by atoms with Gasteiger partial charge in [-0.25, -0.2) is 10.8 Å². The molecule has 1 aromatic rings. The fourth-order valence-electron chi connectivity index (χ4n) is 1.57. The first-order valence-electron chi connectivity index (χ1n) is 4.32. The van der Waals surface area contributed by atoms with E-state index in [-0.39, 0.29) is 5.91 Å². The highest BCUT2D eigenvalue weighted by atomic mass is 35.5. The topological polar surface area (TPSA) is 68.0 Å². The molecule has 14 heavy (non-hydrogen) atoms. The number of hydrogen-bond acceptors (Lipinski definition) is 3. The number of carbonyl (C=O) groups excluding carboxylic acids is 1. The average molecular weight is 212 g/mol. The zero-order valence-corrected chi connectivity index (χ0v) is 8.21. The summed E-state index contributed by atoms with van der Waals surface area (Å²) in [7, 11) is 0. The number of hydrazine groups is 1. The largest absolute Gasteiger partial charge is 0.293 e. The SMILES string of the molecule is NNC(=O)C1(c2ccc(Cl)nc2)CC1. The van der Waals surface area contributed by atoms with E-state index in [9.17, 15) is 4.79 Å². The lowest BCUT2D eigenvalue weighted by Crippen LogP contribution is -2.39. The van der Waals surface area contributed by atoms with E-state index in [2.05, 4.69) is 10.4 Å². The van der Waals surface area contributed by atoms with Crippen molar-refractivity contribution in [3.05, 3.63) is 29.0 Å². The van der Waals surface area contributed by atoms with Crippen LogP contribution in [0.5, 0.6) is 0 Å². The van der Waals surface area contributed by atoms with E-state index in [0.717, 1.165) is 18.4 Å². The van der Waals surface area contributed by atoms with Crippen molar-refractivity contribution in [3.8, 4) is 0 Å². The summed E-state index contributed by atoms with van der Waals surface area (Å²) in [6.07, 6.45) is 3.27. The molecule has 1 aromatic heterocycles. The Balaban J connectivity index is 2.31. The summed E-state index contributed by atoms with van der Waals surface area (Å²) in [5.74, 6) is 4.97. The molecule has 3 N–H and O–H groups in total. The quantitative estimate of drug-likeness (QED) is 0.328. The molecule has 0 radical (unpaired) electrons. The summed E-state index contributed by atoms with van der Waals surface area (Å²) < 4.78 is 0. The Labute approximate surface area is 86.4 Å². The normalized spacial score (nSPS) is 17.6. The molecule has 0 aliphatic heterocycles. The van der Waals surface area contributed by atoms with Gasteiger partial charge in [0.1, 0.15) is 5.15 Å². The van der Waals surface area contributed by atoms with Crippen LogP contribution in [0.1, 0.15) is 18.4 Å². The number of nitrogens with two attached hydrogens (primary N) is 1. The van der Waals surface area contributed by atoms with E-state index >= 15 is 0 Å². The first-order chi connectivity index (χ1) is 6.69. The van der Waals surface area contributed by atoms with E-state index in [1.54, 1.807) is 12.3 Å². The van der Waals surface area contributed by atoms with Crippen LogP contribution in [-0.4, -0.2) is 10.9 Å². The summed E-state index contributed by atoms with van der Waals surface area (Å²) in [4.78, 5) is 15.4. The van der Waals surface area contributed by atoms with E-state index in [1.165, 1.54) is 0 Å². The van der Waals surface area contributed by atoms with Gasteiger partial charge in [-0.05, 0) is 24.5 Å². The maximum atomic E-state index is 11.5. The molecule has 1 amide bonds. The Hall–Kier alpha value is -1.13. The first-order valence-corrected chi connectivity index (χ1v) is 4.70. The molecule has 0 bridgehead atoms. The van der Waals surface area contributed by atoms with Gasteiger partial charge < -0.3 is 0 Å². The molecule has 1 heterocycles. The molecule has 2 rings (SSSR count). The second-order valence-electron chi connectivity index (χ2n) is 3.43. The van der Waals surface area contributed by atoms with E-state index in [0.29, 0.717) is 5.15 Å². The Morgan fingerprint density at radius 3 is 2.71 bits per heavy atom. The van der Waals surface area contributed by atoms with Crippen molar-refractivity contribution in [1.82, 2.24) is 10.4 Å². The molecule has 0 aromatic carbocycles. The van der Waals surface area contributed by atoms with Crippen LogP contribution in [0, 0.1) is 0 Å². The highest BCUT2D eigenvalue weighted by Gasteiger charge is 2.51. The number of amides is 1. The van der Waals surface area contributed by atoms with E-state index in [4.69, 9.17) is 17.4 Å². The molecule has 0 unspecified atom stereocenters. The molecule has 1 saturated carbocycles. The molecule has 1 aliphatic rings. The van der Waals surface area contributed by atoms with Crippen molar-refractivity contribution in [2.45, 2.75) is 18.3 Å². The smallest absolute Gasteiger partial charge is 0.244 e. The third-order valence-electron chi connectivity index (χ3n) is 2.60. The Bertz CT molecular complexity index is 359. The minimum atomic E-state index is -0.452. The van der Waals surface area contributed by atoms with Crippen LogP contribution in [-0.2, 0) is 10.2 Å². The molecule has 5 heteroatoms. The predicted octanol–water partition coefficient (Wildman–Crippen LogP) is 0.757. The van der Waals surface area contributed by atoms with Crippen molar-refractivity contribution in [1.29, 1.82) is 0 Å². The van der Waals surface area contributed by atoms with Crippen LogP contribution < -0.4 is 11.3 Å². The molecule has 4 nitrogen and oxygen atoms in total. The lowest BCUT2D eigenvalue weighted by atomic mass is 9.97. The van der Waals surface area contributed by atoms with Crippen molar-refractivity contribution < 1.29 is 4.79 Å². The third kappa shape index (κ3) is 1.36. The molecular formula is C9H10ClN3O. The molecule has 1 aliphatic carbocycles. The number of nitrogens with zero attached hydrogens (tertiary/aromatic N) is 1. The molecule has 74 valence electrons. The summed E-state index contributed by atoms with van der Waals surface area (Å²) in [6.45, 7) is 0. The maximum Gasteiger partial charge on any atom is 0.244 e. The highest BCUT2D eigenvalue weighted by Crippen LogP contribution is 2.48. The van der Waals surface area contributed by atoms with Gasteiger partial charge in [0.25, 0.3) is 0 Å². The zero-order valence-electron chi connectivity index (χ0n) is 7.46. The van der Waals surface area contributed by atoms with Gasteiger partial charge in [0.15, 0.2) is 0 Å². The number of carbonyl (C=O) groups is 1. The fourth-order valence-corrected chi connectivity index (χ4v) is 1.68. The molecular weight excluding hydrogens is 202 g/mol. The van der Waals surface area contributed by atoms with Gasteiger partial charge in [0, 0.05) is 6.20 Å². The minimum absolute atomic E-state index is 0.151. The predicted molar refractivity (Wildman–Crippen MR) is 52.5 cm³/mol. The summed E-state index contributed by atoms with van der Waals surface area (Å²) in [5, 5.41) is 0.428. The van der Waals surface area contributed by atoms with Gasteiger partial charge in [-0.3, -0.25) is 10.2 Å². The van der Waals surface area contributed by atoms with Crippen molar-refractivity contribution in [2.75, 3.05) is 0 Å². The van der Waals surface area contributed by atoms with Gasteiger partial charge in [-0.2, -0.15) is 0 Å². The number of aromatic nitrogens is 1. The lowest BCUT2D eigenvalue weighted by molar-refractivity contribution is -0.123. The summed E-state index contributed by atoms with van der Waals surface area (Å²) in [5.41, 5.74) is 2.61. The summed E-state index contributed by atoms with van der Waals surface area (Å²) >= 11 is 5.66. The monoisotopic (exact) mass is 211 g/mol. The van der Waals surface area contributed by atoms with E-state index < -0.39 is 5.41 Å². The van der Waals surface area contributed by atoms with Crippen molar-refractivity contribution >= 4 is 17.5 Å². The lowest BCUT2D eigenvalue weighted by Gasteiger charge is -2.12. The summed E-state index contributed by atoms with van der Waals surface area (Å²) in [6, 6.07) is 3.50. The van der Waals surface area contributed by atoms with Gasteiger partial charge in [-0.15, -0.1) is 0 Å². The van der Waals surface area contributed by atoms with Crippen molar-refractivity contribution in [2.24, 2.45) is 5.84 Å². The highest BCUT2D eigenvalue weighted by molar-refractivity contribution is 6.29. The second kappa shape index (κ2) is 3.22. The standard InChI is InChI=1S/C9H10ClN3O/c10-7-2-1-6(5-12-7)9(3-4-9)8(14)13-11/h1-2,5H,3-4,11H2,(H,13,14). The van der Waals surface area contributed by atoms with Crippen LogP contribution in [0.15, 0.2) is 18.3 Å². The number of pyridine rings is 1. The number of halogens is 1. The fraction of sp³-hybridized carbons (Fsp3) is 0.333. The molecule has 0 spiro atoms. The Morgan fingerprint density at radius 2 is 2.29 bits per heavy atom. The van der Waals surface area contributed by atoms with Crippen molar-refractivity contribution in [3.63, 3.8) is 0 Å². The Kier molecular flexibility index (Phi) is 2.17. The van der Waals surface area contributed by atoms with Crippen LogP contribution in [0.2, 0.25) is 5.15 Å².